The fourth-order valence-electron chi connectivity index (χ4n) is 1.46. The maximum Gasteiger partial charge on any atom is 0.224 e. The second-order valence-corrected chi connectivity index (χ2v) is 4.33. The molecular weight excluding hydrogens is 266 g/mol. The summed E-state index contributed by atoms with van der Waals surface area (Å²) in [6, 6.07) is 7.03. The van der Waals surface area contributed by atoms with Crippen LogP contribution in [-0.4, -0.2) is 17.9 Å². The highest BCUT2D eigenvalue weighted by molar-refractivity contribution is 5.93. The number of nitrogens with one attached hydrogen (secondary N) is 2. The zero-order valence-electron chi connectivity index (χ0n) is 11.1. The highest BCUT2D eigenvalue weighted by atomic mass is 35.5. The van der Waals surface area contributed by atoms with Gasteiger partial charge in [-0.15, -0.1) is 12.4 Å². The zero-order valence-corrected chi connectivity index (χ0v) is 11.9. The highest BCUT2D eigenvalue weighted by Gasteiger charge is 2.05. The van der Waals surface area contributed by atoms with Gasteiger partial charge < -0.3 is 16.4 Å². The second kappa shape index (κ2) is 8.50. The third-order valence-corrected chi connectivity index (χ3v) is 2.29. The average Bonchev–Trinajstić information content (AvgIpc) is 2.26. The molecule has 0 aliphatic rings. The van der Waals surface area contributed by atoms with E-state index in [1.165, 1.54) is 6.92 Å². The summed E-state index contributed by atoms with van der Waals surface area (Å²) in [5.74, 6) is -0.220. The summed E-state index contributed by atoms with van der Waals surface area (Å²) in [7, 11) is 0. The first-order chi connectivity index (χ1) is 8.47. The molecule has 0 aliphatic carbocycles. The molecule has 0 saturated carbocycles. The van der Waals surface area contributed by atoms with Crippen molar-refractivity contribution < 1.29 is 9.59 Å². The molecule has 4 N–H and O–H groups in total. The van der Waals surface area contributed by atoms with Crippen LogP contribution in [0, 0.1) is 0 Å². The van der Waals surface area contributed by atoms with Crippen LogP contribution in [0.15, 0.2) is 24.3 Å². The molecule has 0 bridgehead atoms. The quantitative estimate of drug-likeness (QED) is 0.775. The van der Waals surface area contributed by atoms with Crippen molar-refractivity contribution in [3.63, 3.8) is 0 Å². The molecule has 1 atom stereocenters. The smallest absolute Gasteiger partial charge is 0.224 e. The fraction of sp³-hybridized carbons (Fsp3) is 0.385. The van der Waals surface area contributed by atoms with Crippen LogP contribution in [0.5, 0.6) is 0 Å². The summed E-state index contributed by atoms with van der Waals surface area (Å²) in [5, 5.41) is 5.42. The fourth-order valence-corrected chi connectivity index (χ4v) is 1.46. The zero-order chi connectivity index (χ0) is 13.5. The molecular formula is C13H20ClN3O2. The van der Waals surface area contributed by atoms with Crippen LogP contribution in [0.3, 0.4) is 0 Å². The van der Waals surface area contributed by atoms with Crippen LogP contribution >= 0.6 is 12.4 Å². The van der Waals surface area contributed by atoms with Gasteiger partial charge in [-0.05, 0) is 31.5 Å². The van der Waals surface area contributed by atoms with Gasteiger partial charge in [-0.25, -0.2) is 0 Å². The normalized spacial score (nSPS) is 11.1. The minimum absolute atomic E-state index is 0. The number of anilines is 2. The second-order valence-electron chi connectivity index (χ2n) is 4.33. The average molecular weight is 286 g/mol. The number of carbonyl (C=O) groups excluding carboxylic acids is 2. The number of hydrogen-bond acceptors (Lipinski definition) is 3. The Bertz CT molecular complexity index is 436. The summed E-state index contributed by atoms with van der Waals surface area (Å²) in [6.07, 6.45) is 1.04. The SMILES string of the molecule is CC(=O)Nc1cccc(NC(=O)CCC(C)N)c1.Cl. The Kier molecular flexibility index (Phi) is 7.79. The first-order valence-corrected chi connectivity index (χ1v) is 5.90. The summed E-state index contributed by atoms with van der Waals surface area (Å²) < 4.78 is 0. The van der Waals surface area contributed by atoms with Crippen LogP contribution in [-0.2, 0) is 9.59 Å². The van der Waals surface area contributed by atoms with Gasteiger partial charge in [-0.3, -0.25) is 9.59 Å². The lowest BCUT2D eigenvalue weighted by molar-refractivity contribution is -0.116. The number of carbonyl (C=O) groups is 2. The molecule has 1 aromatic carbocycles. The van der Waals surface area contributed by atoms with Crippen molar-refractivity contribution in [2.75, 3.05) is 10.6 Å². The lowest BCUT2D eigenvalue weighted by atomic mass is 10.2. The molecule has 19 heavy (non-hydrogen) atoms. The van der Waals surface area contributed by atoms with Crippen molar-refractivity contribution in [1.29, 1.82) is 0 Å². The Morgan fingerprint density at radius 2 is 1.84 bits per heavy atom. The number of hydrogen-bond donors (Lipinski definition) is 3. The van der Waals surface area contributed by atoms with Crippen molar-refractivity contribution in [3.05, 3.63) is 24.3 Å². The number of nitrogens with two attached hydrogens (primary N) is 1. The van der Waals surface area contributed by atoms with Crippen molar-refractivity contribution in [1.82, 2.24) is 0 Å². The molecule has 0 heterocycles. The van der Waals surface area contributed by atoms with Crippen LogP contribution in [0.25, 0.3) is 0 Å². The van der Waals surface area contributed by atoms with E-state index in [1.54, 1.807) is 24.3 Å². The molecule has 1 unspecified atom stereocenters. The Balaban J connectivity index is 0.00000324. The van der Waals surface area contributed by atoms with Crippen molar-refractivity contribution in [3.8, 4) is 0 Å². The first kappa shape index (κ1) is 17.4. The minimum Gasteiger partial charge on any atom is -0.328 e. The van der Waals surface area contributed by atoms with E-state index in [-0.39, 0.29) is 30.3 Å². The molecule has 2 amide bonds. The summed E-state index contributed by atoms with van der Waals surface area (Å²) in [4.78, 5) is 22.5. The Hall–Kier alpha value is -1.59. The molecule has 0 fully saturated rings. The van der Waals surface area contributed by atoms with Gasteiger partial charge in [0.15, 0.2) is 0 Å². The van der Waals surface area contributed by atoms with Crippen LogP contribution < -0.4 is 16.4 Å². The van der Waals surface area contributed by atoms with E-state index in [0.717, 1.165) is 0 Å². The molecule has 1 rings (SSSR count). The summed E-state index contributed by atoms with van der Waals surface area (Å²) >= 11 is 0. The number of halogens is 1. The van der Waals surface area contributed by atoms with Gasteiger partial charge in [-0.1, -0.05) is 6.07 Å². The Labute approximate surface area is 119 Å². The van der Waals surface area contributed by atoms with Crippen molar-refractivity contribution in [2.45, 2.75) is 32.7 Å². The number of rotatable bonds is 5. The van der Waals surface area contributed by atoms with Crippen molar-refractivity contribution >= 4 is 35.6 Å². The van der Waals surface area contributed by atoms with E-state index in [4.69, 9.17) is 5.73 Å². The summed E-state index contributed by atoms with van der Waals surface area (Å²) in [6.45, 7) is 3.30. The molecule has 0 saturated heterocycles. The van der Waals surface area contributed by atoms with E-state index in [0.29, 0.717) is 24.2 Å². The van der Waals surface area contributed by atoms with Gasteiger partial charge in [-0.2, -0.15) is 0 Å². The number of amides is 2. The largest absolute Gasteiger partial charge is 0.328 e. The van der Waals surface area contributed by atoms with Gasteiger partial charge in [0.2, 0.25) is 11.8 Å². The van der Waals surface area contributed by atoms with E-state index in [9.17, 15) is 9.59 Å². The topological polar surface area (TPSA) is 84.2 Å². The van der Waals surface area contributed by atoms with Gasteiger partial charge in [0, 0.05) is 30.8 Å². The molecule has 5 nitrogen and oxygen atoms in total. The molecule has 0 radical (unpaired) electrons. The number of benzene rings is 1. The minimum atomic E-state index is -0.143. The van der Waals surface area contributed by atoms with Gasteiger partial charge in [0.1, 0.15) is 0 Å². The van der Waals surface area contributed by atoms with Gasteiger partial charge in [0.05, 0.1) is 0 Å². The highest BCUT2D eigenvalue weighted by Crippen LogP contribution is 2.15. The Morgan fingerprint density at radius 1 is 1.26 bits per heavy atom. The monoisotopic (exact) mass is 285 g/mol. The third-order valence-electron chi connectivity index (χ3n) is 2.29. The van der Waals surface area contributed by atoms with Crippen molar-refractivity contribution in [2.24, 2.45) is 5.73 Å². The maximum absolute atomic E-state index is 11.6. The van der Waals surface area contributed by atoms with Crippen LogP contribution in [0.4, 0.5) is 11.4 Å². The van der Waals surface area contributed by atoms with Gasteiger partial charge in [0.25, 0.3) is 0 Å². The molecule has 0 aromatic heterocycles. The predicted octanol–water partition coefficient (Wildman–Crippen LogP) is 2.13. The molecule has 106 valence electrons. The molecule has 0 spiro atoms. The molecule has 6 heteroatoms. The Morgan fingerprint density at radius 3 is 2.37 bits per heavy atom. The van der Waals surface area contributed by atoms with Crippen LogP contribution in [0.2, 0.25) is 0 Å². The van der Waals surface area contributed by atoms with E-state index < -0.39 is 0 Å². The summed E-state index contributed by atoms with van der Waals surface area (Å²) in [5.41, 5.74) is 6.91. The van der Waals surface area contributed by atoms with E-state index >= 15 is 0 Å². The lowest BCUT2D eigenvalue weighted by Gasteiger charge is -2.08. The van der Waals surface area contributed by atoms with Crippen LogP contribution in [0.1, 0.15) is 26.7 Å². The first-order valence-electron chi connectivity index (χ1n) is 5.90. The third kappa shape index (κ3) is 7.43. The van der Waals surface area contributed by atoms with Gasteiger partial charge >= 0.3 is 0 Å². The van der Waals surface area contributed by atoms with E-state index in [1.807, 2.05) is 6.92 Å². The molecule has 0 aliphatic heterocycles. The lowest BCUT2D eigenvalue weighted by Crippen LogP contribution is -2.19. The standard InChI is InChI=1S/C13H19N3O2.ClH/c1-9(14)6-7-13(18)16-12-5-3-4-11(8-12)15-10(2)17;/h3-5,8-9H,6-7,14H2,1-2H3,(H,15,17)(H,16,18);1H. The molecule has 1 aromatic rings. The maximum atomic E-state index is 11.6. The van der Waals surface area contributed by atoms with E-state index in [2.05, 4.69) is 10.6 Å². The predicted molar refractivity (Wildman–Crippen MR) is 79.5 cm³/mol.